The highest BCUT2D eigenvalue weighted by molar-refractivity contribution is 5.80. The molecule has 0 aliphatic carbocycles. The van der Waals surface area contributed by atoms with Crippen molar-refractivity contribution in [3.63, 3.8) is 0 Å². The lowest BCUT2D eigenvalue weighted by atomic mass is 9.87. The van der Waals surface area contributed by atoms with Crippen molar-refractivity contribution in [2.24, 2.45) is 10.9 Å². The first kappa shape index (κ1) is 23.0. The Morgan fingerprint density at radius 1 is 1.28 bits per heavy atom. The molecule has 6 heteroatoms. The number of amides is 1. The average molecular weight is 403 g/mol. The van der Waals surface area contributed by atoms with Crippen molar-refractivity contribution in [3.05, 3.63) is 29.8 Å². The molecule has 1 aromatic rings. The van der Waals surface area contributed by atoms with Crippen molar-refractivity contribution in [3.8, 4) is 5.75 Å². The van der Waals surface area contributed by atoms with Gasteiger partial charge in [0, 0.05) is 33.1 Å². The van der Waals surface area contributed by atoms with E-state index in [1.165, 1.54) is 5.56 Å². The van der Waals surface area contributed by atoms with Crippen molar-refractivity contribution >= 4 is 11.9 Å². The first-order valence-corrected chi connectivity index (χ1v) is 10.8. The summed E-state index contributed by atoms with van der Waals surface area (Å²) < 4.78 is 5.93. The molecule has 162 valence electrons. The van der Waals surface area contributed by atoms with E-state index in [1.54, 1.807) is 7.05 Å². The van der Waals surface area contributed by atoms with Crippen LogP contribution in [0.1, 0.15) is 52.5 Å². The topological polar surface area (TPSA) is 66.0 Å². The first-order valence-electron chi connectivity index (χ1n) is 10.8. The number of guanidine groups is 1. The van der Waals surface area contributed by atoms with Gasteiger partial charge in [0.25, 0.3) is 0 Å². The van der Waals surface area contributed by atoms with Crippen LogP contribution in [0.2, 0.25) is 0 Å². The Hall–Kier alpha value is -2.24. The van der Waals surface area contributed by atoms with Crippen molar-refractivity contribution in [1.82, 2.24) is 15.5 Å². The van der Waals surface area contributed by atoms with Gasteiger partial charge in [-0.25, -0.2) is 4.99 Å². The standard InChI is InChI=1S/C23H38N4O2/c1-6-25-22(27-13-10-18(11-14-27)16-21(28)24-5)26-12-15-29-20-9-7-8-19(17-20)23(2,3)4/h7-9,17-18H,6,10-16H2,1-5H3,(H,24,28)(H,25,26). The Bertz CT molecular complexity index is 674. The van der Waals surface area contributed by atoms with E-state index in [0.717, 1.165) is 44.2 Å². The molecule has 1 fully saturated rings. The van der Waals surface area contributed by atoms with Gasteiger partial charge in [-0.05, 0) is 48.8 Å². The van der Waals surface area contributed by atoms with Gasteiger partial charge in [0.15, 0.2) is 5.96 Å². The van der Waals surface area contributed by atoms with Crippen LogP contribution in [0.5, 0.6) is 5.75 Å². The van der Waals surface area contributed by atoms with E-state index in [2.05, 4.69) is 55.4 Å². The maximum atomic E-state index is 11.6. The Kier molecular flexibility index (Phi) is 8.80. The zero-order chi connectivity index (χ0) is 21.3. The minimum absolute atomic E-state index is 0.111. The van der Waals surface area contributed by atoms with Gasteiger partial charge in [0.05, 0.1) is 6.54 Å². The van der Waals surface area contributed by atoms with Crippen molar-refractivity contribution in [2.45, 2.75) is 52.4 Å². The van der Waals surface area contributed by atoms with E-state index in [-0.39, 0.29) is 11.3 Å². The summed E-state index contributed by atoms with van der Waals surface area (Å²) in [6.45, 7) is 12.6. The molecule has 1 saturated heterocycles. The highest BCUT2D eigenvalue weighted by atomic mass is 16.5. The fourth-order valence-electron chi connectivity index (χ4n) is 3.51. The summed E-state index contributed by atoms with van der Waals surface area (Å²) in [5, 5.41) is 6.11. The Balaban J connectivity index is 1.84. The van der Waals surface area contributed by atoms with Gasteiger partial charge in [0.1, 0.15) is 12.4 Å². The Morgan fingerprint density at radius 3 is 2.62 bits per heavy atom. The normalized spacial score (nSPS) is 15.9. The third kappa shape index (κ3) is 7.59. The summed E-state index contributed by atoms with van der Waals surface area (Å²) in [6, 6.07) is 8.31. The predicted octanol–water partition coefficient (Wildman–Crippen LogP) is 3.18. The quantitative estimate of drug-likeness (QED) is 0.418. The average Bonchev–Trinajstić information content (AvgIpc) is 2.70. The monoisotopic (exact) mass is 402 g/mol. The van der Waals surface area contributed by atoms with Gasteiger partial charge < -0.3 is 20.3 Å². The second-order valence-electron chi connectivity index (χ2n) is 8.67. The zero-order valence-electron chi connectivity index (χ0n) is 18.8. The minimum atomic E-state index is 0.111. The summed E-state index contributed by atoms with van der Waals surface area (Å²) in [5.41, 5.74) is 1.38. The summed E-state index contributed by atoms with van der Waals surface area (Å²) in [6.07, 6.45) is 2.67. The smallest absolute Gasteiger partial charge is 0.220 e. The third-order valence-electron chi connectivity index (χ3n) is 5.32. The number of benzene rings is 1. The lowest BCUT2D eigenvalue weighted by Gasteiger charge is -2.34. The van der Waals surface area contributed by atoms with Crippen LogP contribution in [-0.4, -0.2) is 56.6 Å². The number of nitrogens with one attached hydrogen (secondary N) is 2. The SMILES string of the molecule is CCNC(=NCCOc1cccc(C(C)(C)C)c1)N1CCC(CC(=O)NC)CC1. The number of rotatable bonds is 7. The number of likely N-dealkylation sites (tertiary alicyclic amines) is 1. The van der Waals surface area contributed by atoms with Crippen LogP contribution in [0.15, 0.2) is 29.3 Å². The summed E-state index contributed by atoms with van der Waals surface area (Å²) in [5.74, 6) is 2.44. The van der Waals surface area contributed by atoms with Crippen LogP contribution in [-0.2, 0) is 10.2 Å². The number of hydrogen-bond donors (Lipinski definition) is 2. The van der Waals surface area contributed by atoms with Gasteiger partial charge >= 0.3 is 0 Å². The molecule has 0 saturated carbocycles. The zero-order valence-corrected chi connectivity index (χ0v) is 18.8. The highest BCUT2D eigenvalue weighted by Crippen LogP contribution is 2.25. The molecule has 2 N–H and O–H groups in total. The molecule has 0 aromatic heterocycles. The van der Waals surface area contributed by atoms with Gasteiger partial charge in [-0.3, -0.25) is 4.79 Å². The lowest BCUT2D eigenvalue weighted by Crippen LogP contribution is -2.46. The number of ether oxygens (including phenoxy) is 1. The highest BCUT2D eigenvalue weighted by Gasteiger charge is 2.23. The van der Waals surface area contributed by atoms with Crippen LogP contribution < -0.4 is 15.4 Å². The van der Waals surface area contributed by atoms with Crippen molar-refractivity contribution < 1.29 is 9.53 Å². The Labute approximate surface area is 176 Å². The second-order valence-corrected chi connectivity index (χ2v) is 8.67. The van der Waals surface area contributed by atoms with Crippen LogP contribution in [0, 0.1) is 5.92 Å². The largest absolute Gasteiger partial charge is 0.492 e. The summed E-state index contributed by atoms with van der Waals surface area (Å²) in [7, 11) is 1.70. The molecule has 0 radical (unpaired) electrons. The van der Waals surface area contributed by atoms with Crippen LogP contribution in [0.4, 0.5) is 0 Å². The molecular formula is C23H38N4O2. The van der Waals surface area contributed by atoms with Gasteiger partial charge in [-0.15, -0.1) is 0 Å². The summed E-state index contributed by atoms with van der Waals surface area (Å²) in [4.78, 5) is 18.6. The van der Waals surface area contributed by atoms with E-state index >= 15 is 0 Å². The molecule has 1 heterocycles. The molecule has 1 aliphatic rings. The van der Waals surface area contributed by atoms with Crippen LogP contribution in [0.3, 0.4) is 0 Å². The molecule has 2 rings (SSSR count). The fourth-order valence-corrected chi connectivity index (χ4v) is 3.51. The number of piperidine rings is 1. The van der Waals surface area contributed by atoms with E-state index in [9.17, 15) is 4.79 Å². The number of hydrogen-bond acceptors (Lipinski definition) is 3. The molecule has 1 amide bonds. The van der Waals surface area contributed by atoms with Gasteiger partial charge in [0.2, 0.25) is 5.91 Å². The number of aliphatic imine (C=N–C) groups is 1. The third-order valence-corrected chi connectivity index (χ3v) is 5.32. The lowest BCUT2D eigenvalue weighted by molar-refractivity contribution is -0.121. The molecule has 6 nitrogen and oxygen atoms in total. The molecule has 0 spiro atoms. The van der Waals surface area contributed by atoms with Crippen LogP contribution >= 0.6 is 0 Å². The Morgan fingerprint density at radius 2 is 2.00 bits per heavy atom. The number of carbonyl (C=O) groups is 1. The molecule has 1 aliphatic heterocycles. The van der Waals surface area contributed by atoms with Gasteiger partial charge in [-0.2, -0.15) is 0 Å². The molecule has 1 aromatic carbocycles. The van der Waals surface area contributed by atoms with E-state index < -0.39 is 0 Å². The summed E-state index contributed by atoms with van der Waals surface area (Å²) >= 11 is 0. The maximum Gasteiger partial charge on any atom is 0.220 e. The van der Waals surface area contributed by atoms with E-state index in [1.807, 2.05) is 12.1 Å². The maximum absolute atomic E-state index is 11.6. The van der Waals surface area contributed by atoms with Crippen molar-refractivity contribution in [2.75, 3.05) is 39.8 Å². The molecule has 0 atom stereocenters. The minimum Gasteiger partial charge on any atom is -0.492 e. The number of carbonyl (C=O) groups excluding carboxylic acids is 1. The van der Waals surface area contributed by atoms with Crippen LogP contribution in [0.25, 0.3) is 0 Å². The van der Waals surface area contributed by atoms with Gasteiger partial charge in [-0.1, -0.05) is 32.9 Å². The number of nitrogens with zero attached hydrogens (tertiary/aromatic N) is 2. The molecule has 0 unspecified atom stereocenters. The van der Waals surface area contributed by atoms with E-state index in [4.69, 9.17) is 9.73 Å². The van der Waals surface area contributed by atoms with Crippen molar-refractivity contribution in [1.29, 1.82) is 0 Å². The molecule has 0 bridgehead atoms. The van der Waals surface area contributed by atoms with E-state index in [0.29, 0.717) is 25.5 Å². The molecular weight excluding hydrogens is 364 g/mol. The first-order chi connectivity index (χ1) is 13.8. The predicted molar refractivity (Wildman–Crippen MR) is 120 cm³/mol. The fraction of sp³-hybridized carbons (Fsp3) is 0.652. The second kappa shape index (κ2) is 11.1. The molecule has 29 heavy (non-hydrogen) atoms.